The molecule has 4 rings (SSSR count). The highest BCUT2D eigenvalue weighted by molar-refractivity contribution is 7.99. The predicted molar refractivity (Wildman–Crippen MR) is 91.3 cm³/mol. The third-order valence-electron chi connectivity index (χ3n) is 4.73. The van der Waals surface area contributed by atoms with Gasteiger partial charge in [0, 0.05) is 37.4 Å². The number of thioether (sulfide) groups is 1. The molecule has 0 radical (unpaired) electrons. The minimum atomic E-state index is -0.165. The minimum Gasteiger partial charge on any atom is -0.448 e. The lowest BCUT2D eigenvalue weighted by Gasteiger charge is -2.17. The Morgan fingerprint density at radius 3 is 3.04 bits per heavy atom. The molecule has 1 amide bonds. The second-order valence-electron chi connectivity index (χ2n) is 6.47. The van der Waals surface area contributed by atoms with Crippen LogP contribution in [0, 0.1) is 0 Å². The quantitative estimate of drug-likeness (QED) is 0.901. The number of aromatic nitrogens is 3. The molecule has 0 spiro atoms. The van der Waals surface area contributed by atoms with Crippen molar-refractivity contribution in [3.63, 3.8) is 0 Å². The van der Waals surface area contributed by atoms with Crippen molar-refractivity contribution >= 4 is 17.7 Å². The molecular weight excluding hydrogens is 324 g/mol. The number of nitrogens with one attached hydrogen (secondary N) is 1. The SMILES string of the molecule is O=C(NCCc1cn2c(n1)SCC2)c1coc(C2CCCCC2)n1. The zero-order chi connectivity index (χ0) is 16.4. The van der Waals surface area contributed by atoms with E-state index in [1.54, 1.807) is 11.8 Å². The number of carbonyl (C=O) groups excluding carboxylic acids is 1. The smallest absolute Gasteiger partial charge is 0.273 e. The number of hydrogen-bond acceptors (Lipinski definition) is 5. The molecule has 3 heterocycles. The van der Waals surface area contributed by atoms with Gasteiger partial charge in [0.05, 0.1) is 5.69 Å². The fraction of sp³-hybridized carbons (Fsp3) is 0.588. The van der Waals surface area contributed by atoms with Crippen molar-refractivity contribution in [2.24, 2.45) is 0 Å². The molecule has 7 heteroatoms. The standard InChI is InChI=1S/C17H22N4O2S/c22-15(14-11-23-16(20-14)12-4-2-1-3-5-12)18-7-6-13-10-21-8-9-24-17(21)19-13/h10-12H,1-9H2,(H,18,22). The number of aryl methyl sites for hydroxylation is 1. The first-order valence-corrected chi connectivity index (χ1v) is 9.70. The highest BCUT2D eigenvalue weighted by Gasteiger charge is 2.22. The molecule has 1 aliphatic heterocycles. The number of hydrogen-bond donors (Lipinski definition) is 1. The summed E-state index contributed by atoms with van der Waals surface area (Å²) in [6.07, 6.45) is 10.3. The molecule has 128 valence electrons. The van der Waals surface area contributed by atoms with Crippen molar-refractivity contribution in [3.8, 4) is 0 Å². The maximum absolute atomic E-state index is 12.2. The summed E-state index contributed by atoms with van der Waals surface area (Å²) in [5.41, 5.74) is 1.42. The van der Waals surface area contributed by atoms with Crippen LogP contribution in [0.5, 0.6) is 0 Å². The van der Waals surface area contributed by atoms with Crippen LogP contribution in [-0.4, -0.2) is 32.7 Å². The van der Waals surface area contributed by atoms with Gasteiger partial charge in [0.15, 0.2) is 16.7 Å². The second-order valence-corrected chi connectivity index (χ2v) is 7.53. The first kappa shape index (κ1) is 15.7. The van der Waals surface area contributed by atoms with Crippen LogP contribution in [0.4, 0.5) is 0 Å². The summed E-state index contributed by atoms with van der Waals surface area (Å²) in [6, 6.07) is 0. The van der Waals surface area contributed by atoms with E-state index >= 15 is 0 Å². The summed E-state index contributed by atoms with van der Waals surface area (Å²) in [5, 5.41) is 4.00. The highest BCUT2D eigenvalue weighted by Crippen LogP contribution is 2.31. The van der Waals surface area contributed by atoms with Crippen molar-refractivity contribution < 1.29 is 9.21 Å². The third-order valence-corrected chi connectivity index (χ3v) is 5.70. The number of amides is 1. The predicted octanol–water partition coefficient (Wildman–Crippen LogP) is 3.00. The Morgan fingerprint density at radius 2 is 2.21 bits per heavy atom. The van der Waals surface area contributed by atoms with E-state index in [1.165, 1.54) is 25.5 Å². The van der Waals surface area contributed by atoms with Gasteiger partial charge in [0.1, 0.15) is 6.26 Å². The van der Waals surface area contributed by atoms with Crippen molar-refractivity contribution in [2.75, 3.05) is 12.3 Å². The summed E-state index contributed by atoms with van der Waals surface area (Å²) in [6.45, 7) is 1.59. The Bertz CT molecular complexity index is 696. The lowest BCUT2D eigenvalue weighted by atomic mass is 9.89. The summed E-state index contributed by atoms with van der Waals surface area (Å²) in [4.78, 5) is 21.2. The van der Waals surface area contributed by atoms with E-state index in [-0.39, 0.29) is 5.91 Å². The van der Waals surface area contributed by atoms with Crippen LogP contribution < -0.4 is 5.32 Å². The van der Waals surface area contributed by atoms with Crippen LogP contribution in [0.3, 0.4) is 0 Å². The van der Waals surface area contributed by atoms with Gasteiger partial charge in [-0.3, -0.25) is 4.79 Å². The number of fused-ring (bicyclic) bond motifs is 1. The fourth-order valence-corrected chi connectivity index (χ4v) is 4.37. The van der Waals surface area contributed by atoms with Crippen molar-refractivity contribution in [1.82, 2.24) is 19.9 Å². The molecule has 0 atom stereocenters. The first-order valence-electron chi connectivity index (χ1n) is 8.72. The molecule has 1 N–H and O–H groups in total. The summed E-state index contributed by atoms with van der Waals surface area (Å²) in [5.74, 6) is 2.05. The van der Waals surface area contributed by atoms with Crippen molar-refractivity contribution in [1.29, 1.82) is 0 Å². The average molecular weight is 346 g/mol. The Balaban J connectivity index is 1.28. The van der Waals surface area contributed by atoms with Gasteiger partial charge in [-0.25, -0.2) is 9.97 Å². The summed E-state index contributed by atoms with van der Waals surface area (Å²) in [7, 11) is 0. The lowest BCUT2D eigenvalue weighted by molar-refractivity contribution is 0.0949. The van der Waals surface area contributed by atoms with Crippen LogP contribution >= 0.6 is 11.8 Å². The third kappa shape index (κ3) is 3.36. The molecule has 2 aliphatic rings. The molecule has 2 aromatic heterocycles. The van der Waals surface area contributed by atoms with Crippen LogP contribution in [0.25, 0.3) is 0 Å². The molecule has 2 aromatic rings. The number of rotatable bonds is 5. The maximum atomic E-state index is 12.2. The number of carbonyl (C=O) groups is 1. The molecule has 0 unspecified atom stereocenters. The van der Waals surface area contributed by atoms with E-state index < -0.39 is 0 Å². The highest BCUT2D eigenvalue weighted by atomic mass is 32.2. The van der Waals surface area contributed by atoms with Crippen molar-refractivity contribution in [3.05, 3.63) is 29.7 Å². The molecular formula is C17H22N4O2S. The molecule has 0 saturated heterocycles. The molecule has 1 saturated carbocycles. The van der Waals surface area contributed by atoms with Gasteiger partial charge in [0.25, 0.3) is 5.91 Å². The van der Waals surface area contributed by atoms with Gasteiger partial charge in [-0.1, -0.05) is 31.0 Å². The minimum absolute atomic E-state index is 0.165. The maximum Gasteiger partial charge on any atom is 0.273 e. The zero-order valence-electron chi connectivity index (χ0n) is 13.7. The largest absolute Gasteiger partial charge is 0.448 e. The fourth-order valence-electron chi connectivity index (χ4n) is 3.41. The Kier molecular flexibility index (Phi) is 4.60. The monoisotopic (exact) mass is 346 g/mol. The Hall–Kier alpha value is -1.76. The molecule has 24 heavy (non-hydrogen) atoms. The van der Waals surface area contributed by atoms with Gasteiger partial charge in [-0.2, -0.15) is 0 Å². The number of imidazole rings is 1. The van der Waals surface area contributed by atoms with Crippen LogP contribution in [0.15, 0.2) is 22.0 Å². The Morgan fingerprint density at radius 1 is 1.33 bits per heavy atom. The second kappa shape index (κ2) is 7.01. The van der Waals surface area contributed by atoms with Crippen LogP contribution in [0.2, 0.25) is 0 Å². The topological polar surface area (TPSA) is 73.0 Å². The van der Waals surface area contributed by atoms with E-state index in [9.17, 15) is 4.79 Å². The normalized spacial score (nSPS) is 17.8. The van der Waals surface area contributed by atoms with E-state index in [1.807, 2.05) is 0 Å². The van der Waals surface area contributed by atoms with Crippen molar-refractivity contribution in [2.45, 2.75) is 56.1 Å². The zero-order valence-corrected chi connectivity index (χ0v) is 14.5. The molecule has 6 nitrogen and oxygen atoms in total. The first-order chi connectivity index (χ1) is 11.8. The van der Waals surface area contributed by atoms with Crippen LogP contribution in [-0.2, 0) is 13.0 Å². The van der Waals surface area contributed by atoms with E-state index in [0.717, 1.165) is 48.3 Å². The average Bonchev–Trinajstić information content (AvgIpc) is 3.31. The van der Waals surface area contributed by atoms with E-state index in [2.05, 4.69) is 26.0 Å². The van der Waals surface area contributed by atoms with E-state index in [0.29, 0.717) is 18.2 Å². The summed E-state index contributed by atoms with van der Waals surface area (Å²) < 4.78 is 7.72. The molecule has 1 aliphatic carbocycles. The lowest BCUT2D eigenvalue weighted by Crippen LogP contribution is -2.26. The Labute approximate surface area is 145 Å². The van der Waals surface area contributed by atoms with Crippen LogP contribution in [0.1, 0.15) is 60.1 Å². The molecule has 1 fully saturated rings. The number of oxazole rings is 1. The molecule has 0 aromatic carbocycles. The van der Waals surface area contributed by atoms with Gasteiger partial charge in [-0.05, 0) is 12.8 Å². The van der Waals surface area contributed by atoms with Gasteiger partial charge >= 0.3 is 0 Å². The van der Waals surface area contributed by atoms with Gasteiger partial charge in [0.2, 0.25) is 0 Å². The number of nitrogens with zero attached hydrogens (tertiary/aromatic N) is 3. The van der Waals surface area contributed by atoms with Gasteiger partial charge in [-0.15, -0.1) is 0 Å². The van der Waals surface area contributed by atoms with E-state index in [4.69, 9.17) is 4.42 Å². The summed E-state index contributed by atoms with van der Waals surface area (Å²) >= 11 is 1.78. The molecule has 0 bridgehead atoms. The van der Waals surface area contributed by atoms with Gasteiger partial charge < -0.3 is 14.3 Å².